The van der Waals surface area contributed by atoms with E-state index in [1.165, 1.54) is 11.1 Å². The Bertz CT molecular complexity index is 717. The van der Waals surface area contributed by atoms with Gasteiger partial charge in [-0.15, -0.1) is 0 Å². The first-order chi connectivity index (χ1) is 10.5. The van der Waals surface area contributed by atoms with Crippen molar-refractivity contribution >= 4 is 17.4 Å². The first kappa shape index (κ1) is 15.1. The molecule has 0 amide bonds. The van der Waals surface area contributed by atoms with Crippen LogP contribution in [0, 0.1) is 13.8 Å². The summed E-state index contributed by atoms with van der Waals surface area (Å²) in [5, 5.41) is 0.311. The van der Waals surface area contributed by atoms with Gasteiger partial charge in [0.15, 0.2) is 0 Å². The van der Waals surface area contributed by atoms with E-state index in [0.29, 0.717) is 5.28 Å². The van der Waals surface area contributed by atoms with Crippen LogP contribution in [0.4, 0.5) is 5.82 Å². The third-order valence-corrected chi connectivity index (χ3v) is 4.67. The standard InChI is InChI=1S/C17H20ClN3O/c1-10-11(2)19-17(18)20-16(10)21-8-7-13-9-14(22-4)5-6-15(13)12(21)3/h5-6,9,12H,7-8H2,1-4H3. The molecule has 1 unspecified atom stereocenters. The zero-order valence-electron chi connectivity index (χ0n) is 13.4. The summed E-state index contributed by atoms with van der Waals surface area (Å²) in [7, 11) is 1.70. The minimum atomic E-state index is 0.249. The molecule has 1 aromatic heterocycles. The highest BCUT2D eigenvalue weighted by molar-refractivity contribution is 6.28. The van der Waals surface area contributed by atoms with Crippen molar-refractivity contribution in [2.24, 2.45) is 0 Å². The van der Waals surface area contributed by atoms with E-state index in [0.717, 1.165) is 35.8 Å². The van der Waals surface area contributed by atoms with Gasteiger partial charge in [0.1, 0.15) is 11.6 Å². The number of ether oxygens (including phenoxy) is 1. The quantitative estimate of drug-likeness (QED) is 0.788. The summed E-state index contributed by atoms with van der Waals surface area (Å²) in [6.07, 6.45) is 0.969. The third-order valence-electron chi connectivity index (χ3n) is 4.50. The lowest BCUT2D eigenvalue weighted by Crippen LogP contribution is -2.35. The molecule has 3 rings (SSSR count). The van der Waals surface area contributed by atoms with Crippen LogP contribution in [-0.2, 0) is 6.42 Å². The van der Waals surface area contributed by atoms with E-state index in [9.17, 15) is 0 Å². The fourth-order valence-electron chi connectivity index (χ4n) is 3.08. The molecular formula is C17H20ClN3O. The van der Waals surface area contributed by atoms with Gasteiger partial charge >= 0.3 is 0 Å². The lowest BCUT2D eigenvalue weighted by molar-refractivity contribution is 0.413. The predicted octanol–water partition coefficient (Wildman–Crippen LogP) is 3.88. The number of aryl methyl sites for hydroxylation is 1. The minimum Gasteiger partial charge on any atom is -0.497 e. The maximum atomic E-state index is 6.06. The second-order valence-electron chi connectivity index (χ2n) is 5.71. The molecular weight excluding hydrogens is 298 g/mol. The Morgan fingerprint density at radius 2 is 2.05 bits per heavy atom. The monoisotopic (exact) mass is 317 g/mol. The van der Waals surface area contributed by atoms with Crippen molar-refractivity contribution in [2.75, 3.05) is 18.6 Å². The molecule has 0 saturated carbocycles. The normalized spacial score (nSPS) is 17.3. The molecule has 2 heterocycles. The van der Waals surface area contributed by atoms with Gasteiger partial charge < -0.3 is 9.64 Å². The molecule has 0 fully saturated rings. The Morgan fingerprint density at radius 3 is 2.77 bits per heavy atom. The van der Waals surface area contributed by atoms with Crippen LogP contribution in [0.5, 0.6) is 5.75 Å². The number of hydrogen-bond donors (Lipinski definition) is 0. The second-order valence-corrected chi connectivity index (χ2v) is 6.05. The number of anilines is 1. The molecule has 0 aliphatic carbocycles. The van der Waals surface area contributed by atoms with Gasteiger partial charge in [0.2, 0.25) is 5.28 Å². The van der Waals surface area contributed by atoms with Crippen LogP contribution < -0.4 is 9.64 Å². The molecule has 116 valence electrons. The highest BCUT2D eigenvalue weighted by Gasteiger charge is 2.27. The molecule has 1 aliphatic rings. The summed E-state index contributed by atoms with van der Waals surface area (Å²) in [4.78, 5) is 11.0. The SMILES string of the molecule is COc1ccc2c(c1)CCN(c1nc(Cl)nc(C)c1C)C2C. The molecule has 1 aromatic carbocycles. The largest absolute Gasteiger partial charge is 0.497 e. The number of nitrogens with zero attached hydrogens (tertiary/aromatic N) is 3. The van der Waals surface area contributed by atoms with Gasteiger partial charge in [-0.25, -0.2) is 9.97 Å². The maximum Gasteiger partial charge on any atom is 0.224 e. The van der Waals surface area contributed by atoms with E-state index in [-0.39, 0.29) is 6.04 Å². The molecule has 1 atom stereocenters. The molecule has 2 aromatic rings. The summed E-state index contributed by atoms with van der Waals surface area (Å²) in [6, 6.07) is 6.55. The van der Waals surface area contributed by atoms with Gasteiger partial charge in [-0.2, -0.15) is 0 Å². The van der Waals surface area contributed by atoms with Crippen molar-refractivity contribution in [3.8, 4) is 5.75 Å². The number of benzene rings is 1. The summed E-state index contributed by atoms with van der Waals surface area (Å²) >= 11 is 6.06. The smallest absolute Gasteiger partial charge is 0.224 e. The van der Waals surface area contributed by atoms with Gasteiger partial charge in [0.25, 0.3) is 0 Å². The van der Waals surface area contributed by atoms with Crippen molar-refractivity contribution in [1.82, 2.24) is 9.97 Å². The molecule has 1 aliphatic heterocycles. The number of rotatable bonds is 2. The Hall–Kier alpha value is -1.81. The van der Waals surface area contributed by atoms with Crippen LogP contribution in [0.3, 0.4) is 0 Å². The fourth-order valence-corrected chi connectivity index (χ4v) is 3.29. The van der Waals surface area contributed by atoms with E-state index in [2.05, 4.69) is 40.8 Å². The number of aromatic nitrogens is 2. The van der Waals surface area contributed by atoms with Gasteiger partial charge in [0, 0.05) is 17.8 Å². The van der Waals surface area contributed by atoms with Crippen LogP contribution in [0.1, 0.15) is 35.3 Å². The van der Waals surface area contributed by atoms with Gasteiger partial charge in [-0.05, 0) is 62.1 Å². The van der Waals surface area contributed by atoms with Crippen molar-refractivity contribution in [3.63, 3.8) is 0 Å². The van der Waals surface area contributed by atoms with Crippen molar-refractivity contribution in [3.05, 3.63) is 45.9 Å². The average Bonchev–Trinajstić information content (AvgIpc) is 2.51. The number of hydrogen-bond acceptors (Lipinski definition) is 4. The molecule has 4 nitrogen and oxygen atoms in total. The molecule has 0 bridgehead atoms. The zero-order valence-corrected chi connectivity index (χ0v) is 14.1. The first-order valence-electron chi connectivity index (χ1n) is 7.45. The second kappa shape index (κ2) is 5.76. The van der Waals surface area contributed by atoms with Gasteiger partial charge in [-0.1, -0.05) is 6.07 Å². The van der Waals surface area contributed by atoms with Crippen LogP contribution in [-0.4, -0.2) is 23.6 Å². The van der Waals surface area contributed by atoms with Crippen molar-refractivity contribution in [2.45, 2.75) is 33.2 Å². The Balaban J connectivity index is 2.01. The van der Waals surface area contributed by atoms with E-state index < -0.39 is 0 Å². The topological polar surface area (TPSA) is 38.2 Å². The molecule has 5 heteroatoms. The number of methoxy groups -OCH3 is 1. The minimum absolute atomic E-state index is 0.249. The predicted molar refractivity (Wildman–Crippen MR) is 89.0 cm³/mol. The van der Waals surface area contributed by atoms with E-state index in [1.54, 1.807) is 7.11 Å². The number of fused-ring (bicyclic) bond motifs is 1. The summed E-state index contributed by atoms with van der Waals surface area (Å²) in [5.74, 6) is 1.85. The molecule has 22 heavy (non-hydrogen) atoms. The van der Waals surface area contributed by atoms with Gasteiger partial charge in [0.05, 0.1) is 13.2 Å². The lowest BCUT2D eigenvalue weighted by atomic mass is 9.93. The van der Waals surface area contributed by atoms with Crippen LogP contribution in [0.2, 0.25) is 5.28 Å². The Kier molecular flexibility index (Phi) is 3.96. The van der Waals surface area contributed by atoms with Gasteiger partial charge in [-0.3, -0.25) is 0 Å². The Labute approximate surface area is 136 Å². The van der Waals surface area contributed by atoms with Crippen LogP contribution in [0.25, 0.3) is 0 Å². The average molecular weight is 318 g/mol. The molecule has 0 saturated heterocycles. The number of halogens is 1. The highest BCUT2D eigenvalue weighted by atomic mass is 35.5. The molecule has 0 spiro atoms. The van der Waals surface area contributed by atoms with Crippen LogP contribution in [0.15, 0.2) is 18.2 Å². The van der Waals surface area contributed by atoms with E-state index >= 15 is 0 Å². The summed E-state index contributed by atoms with van der Waals surface area (Å²) < 4.78 is 5.33. The van der Waals surface area contributed by atoms with E-state index in [4.69, 9.17) is 16.3 Å². The molecule has 0 radical (unpaired) electrons. The highest BCUT2D eigenvalue weighted by Crippen LogP contribution is 2.36. The molecule has 0 N–H and O–H groups in total. The first-order valence-corrected chi connectivity index (χ1v) is 7.83. The van der Waals surface area contributed by atoms with Crippen molar-refractivity contribution < 1.29 is 4.74 Å². The lowest BCUT2D eigenvalue weighted by Gasteiger charge is -2.37. The fraction of sp³-hybridized carbons (Fsp3) is 0.412. The summed E-state index contributed by atoms with van der Waals surface area (Å²) in [5.41, 5.74) is 4.69. The third kappa shape index (κ3) is 2.52. The maximum absolute atomic E-state index is 6.06. The zero-order chi connectivity index (χ0) is 15.9. The van der Waals surface area contributed by atoms with E-state index in [1.807, 2.05) is 13.0 Å². The summed E-state index contributed by atoms with van der Waals surface area (Å²) in [6.45, 7) is 7.14. The van der Waals surface area contributed by atoms with Crippen LogP contribution >= 0.6 is 11.6 Å². The van der Waals surface area contributed by atoms with Crippen molar-refractivity contribution in [1.29, 1.82) is 0 Å². The Morgan fingerprint density at radius 1 is 1.27 bits per heavy atom.